The van der Waals surface area contributed by atoms with Crippen LogP contribution in [-0.2, 0) is 4.84 Å². The molecule has 0 aliphatic carbocycles. The van der Waals surface area contributed by atoms with Gasteiger partial charge in [0, 0.05) is 19.5 Å². The van der Waals surface area contributed by atoms with E-state index in [1.54, 1.807) is 0 Å². The maximum absolute atomic E-state index is 5.16. The fourth-order valence-electron chi connectivity index (χ4n) is 1.19. The number of terminal acetylenes is 1. The predicted octanol–water partition coefficient (Wildman–Crippen LogP) is -0.262. The van der Waals surface area contributed by atoms with Crippen molar-refractivity contribution < 1.29 is 4.84 Å². The number of oxime groups is 1. The molecule has 2 rings (SSSR count). The third-order valence-electron chi connectivity index (χ3n) is 1.90. The van der Waals surface area contributed by atoms with E-state index in [1.807, 2.05) is 0 Å². The van der Waals surface area contributed by atoms with Crippen LogP contribution in [0, 0.1) is 12.3 Å². The second-order valence-corrected chi connectivity index (χ2v) is 2.74. The van der Waals surface area contributed by atoms with Crippen molar-refractivity contribution in [3.63, 3.8) is 0 Å². The molecule has 1 fully saturated rings. The van der Waals surface area contributed by atoms with E-state index in [9.17, 15) is 0 Å². The van der Waals surface area contributed by atoms with Gasteiger partial charge in [0.2, 0.25) is 0 Å². The minimum absolute atomic E-state index is 0.0678. The maximum Gasteiger partial charge on any atom is 0.168 e. The van der Waals surface area contributed by atoms with Crippen molar-refractivity contribution in [2.45, 2.75) is 12.0 Å². The third kappa shape index (κ3) is 0.628. The number of hydrogen-bond donors (Lipinski definition) is 1. The molecule has 0 radical (unpaired) electrons. The molecule has 0 aromatic carbocycles. The second kappa shape index (κ2) is 1.74. The van der Waals surface area contributed by atoms with Crippen molar-refractivity contribution >= 4 is 5.71 Å². The Morgan fingerprint density at radius 3 is 2.80 bits per heavy atom. The van der Waals surface area contributed by atoms with Crippen molar-refractivity contribution in [1.82, 2.24) is 5.32 Å². The SMILES string of the molecule is C#CC1=NOC2(CNC2)C1. The highest BCUT2D eigenvalue weighted by atomic mass is 16.7. The Labute approximate surface area is 59.4 Å². The van der Waals surface area contributed by atoms with Crippen LogP contribution in [-0.4, -0.2) is 24.4 Å². The normalized spacial score (nSPS) is 26.5. The van der Waals surface area contributed by atoms with Gasteiger partial charge in [0.15, 0.2) is 5.60 Å². The van der Waals surface area contributed by atoms with Gasteiger partial charge in [0.1, 0.15) is 5.71 Å². The summed E-state index contributed by atoms with van der Waals surface area (Å²) in [5, 5.41) is 6.89. The lowest BCUT2D eigenvalue weighted by molar-refractivity contribution is -0.0559. The summed E-state index contributed by atoms with van der Waals surface area (Å²) in [7, 11) is 0. The van der Waals surface area contributed by atoms with Gasteiger partial charge in [-0.2, -0.15) is 0 Å². The lowest BCUT2D eigenvalue weighted by Gasteiger charge is -2.35. The molecule has 52 valence electrons. The minimum Gasteiger partial charge on any atom is -0.385 e. The molecule has 1 N–H and O–H groups in total. The van der Waals surface area contributed by atoms with Gasteiger partial charge in [-0.1, -0.05) is 11.1 Å². The Hall–Kier alpha value is -1.01. The molecule has 3 nitrogen and oxygen atoms in total. The largest absolute Gasteiger partial charge is 0.385 e. The van der Waals surface area contributed by atoms with Gasteiger partial charge in [-0.05, 0) is 0 Å². The summed E-state index contributed by atoms with van der Waals surface area (Å²) in [6.07, 6.45) is 5.95. The predicted molar refractivity (Wildman–Crippen MR) is 37.6 cm³/mol. The van der Waals surface area contributed by atoms with Gasteiger partial charge in [-0.3, -0.25) is 0 Å². The number of hydrogen-bond acceptors (Lipinski definition) is 3. The number of nitrogens with zero attached hydrogens (tertiary/aromatic N) is 1. The monoisotopic (exact) mass is 136 g/mol. The molecule has 2 heterocycles. The zero-order valence-electron chi connectivity index (χ0n) is 5.55. The molecule has 3 heteroatoms. The molecule has 0 bridgehead atoms. The first kappa shape index (κ1) is 5.75. The summed E-state index contributed by atoms with van der Waals surface area (Å²) in [5.41, 5.74) is 0.670. The smallest absolute Gasteiger partial charge is 0.168 e. The summed E-state index contributed by atoms with van der Waals surface area (Å²) in [6.45, 7) is 1.75. The summed E-state index contributed by atoms with van der Waals surface area (Å²) in [6, 6.07) is 0. The maximum atomic E-state index is 5.16. The van der Waals surface area contributed by atoms with E-state index in [4.69, 9.17) is 11.3 Å². The van der Waals surface area contributed by atoms with Crippen LogP contribution in [0.15, 0.2) is 5.16 Å². The summed E-state index contributed by atoms with van der Waals surface area (Å²) >= 11 is 0. The van der Waals surface area contributed by atoms with Gasteiger partial charge in [-0.25, -0.2) is 0 Å². The standard InChI is InChI=1S/C7H8N2O/c1-2-6-3-7(10-9-6)4-8-5-7/h1,8H,3-5H2. The topological polar surface area (TPSA) is 33.6 Å². The van der Waals surface area contributed by atoms with E-state index in [2.05, 4.69) is 16.4 Å². The van der Waals surface area contributed by atoms with Crippen LogP contribution in [0.1, 0.15) is 6.42 Å². The molecule has 1 spiro atoms. The lowest BCUT2D eigenvalue weighted by Crippen LogP contribution is -2.59. The molecule has 10 heavy (non-hydrogen) atoms. The molecular formula is C7H8N2O. The molecule has 2 aliphatic rings. The summed E-state index contributed by atoms with van der Waals surface area (Å²) in [4.78, 5) is 5.16. The van der Waals surface area contributed by atoms with E-state index >= 15 is 0 Å². The lowest BCUT2D eigenvalue weighted by atomic mass is 9.92. The fraction of sp³-hybridized carbons (Fsp3) is 0.571. The molecule has 2 aliphatic heterocycles. The molecular weight excluding hydrogens is 128 g/mol. The molecule has 1 saturated heterocycles. The Balaban J connectivity index is 2.07. The molecule has 0 saturated carbocycles. The Morgan fingerprint density at radius 1 is 1.70 bits per heavy atom. The first-order valence-electron chi connectivity index (χ1n) is 3.27. The summed E-state index contributed by atoms with van der Waals surface area (Å²) in [5.74, 6) is 2.48. The fourth-order valence-corrected chi connectivity index (χ4v) is 1.19. The van der Waals surface area contributed by atoms with E-state index in [1.165, 1.54) is 0 Å². The van der Waals surface area contributed by atoms with Gasteiger partial charge >= 0.3 is 0 Å². The zero-order chi connectivity index (χ0) is 7.03. The molecule has 0 aromatic heterocycles. The van der Waals surface area contributed by atoms with Gasteiger partial charge < -0.3 is 10.2 Å². The average Bonchev–Trinajstić information content (AvgIpc) is 2.29. The molecule has 0 atom stereocenters. The van der Waals surface area contributed by atoms with Crippen LogP contribution in [0.5, 0.6) is 0 Å². The van der Waals surface area contributed by atoms with Crippen LogP contribution >= 0.6 is 0 Å². The Bertz CT molecular complexity index is 222. The first-order valence-corrected chi connectivity index (χ1v) is 3.27. The van der Waals surface area contributed by atoms with Crippen LogP contribution in [0.3, 0.4) is 0 Å². The van der Waals surface area contributed by atoms with Crippen molar-refractivity contribution in [3.8, 4) is 12.3 Å². The van der Waals surface area contributed by atoms with Crippen LogP contribution in [0.2, 0.25) is 0 Å². The van der Waals surface area contributed by atoms with E-state index in [0.29, 0.717) is 0 Å². The van der Waals surface area contributed by atoms with E-state index in [0.717, 1.165) is 25.2 Å². The van der Waals surface area contributed by atoms with Gasteiger partial charge in [0.05, 0.1) is 0 Å². The molecule has 0 unspecified atom stereocenters. The zero-order valence-corrected chi connectivity index (χ0v) is 5.55. The highest BCUT2D eigenvalue weighted by Gasteiger charge is 2.44. The molecule has 0 aromatic rings. The van der Waals surface area contributed by atoms with Crippen LogP contribution < -0.4 is 5.32 Å². The van der Waals surface area contributed by atoms with Crippen LogP contribution in [0.4, 0.5) is 0 Å². The number of nitrogens with one attached hydrogen (secondary N) is 1. The quantitative estimate of drug-likeness (QED) is 0.465. The first-order chi connectivity index (χ1) is 4.85. The second-order valence-electron chi connectivity index (χ2n) is 2.74. The van der Waals surface area contributed by atoms with Crippen molar-refractivity contribution in [3.05, 3.63) is 0 Å². The minimum atomic E-state index is -0.0678. The number of rotatable bonds is 0. The van der Waals surface area contributed by atoms with Crippen molar-refractivity contribution in [2.75, 3.05) is 13.1 Å². The Kier molecular flexibility index (Phi) is 0.999. The highest BCUT2D eigenvalue weighted by molar-refractivity contribution is 6.01. The van der Waals surface area contributed by atoms with E-state index in [-0.39, 0.29) is 5.60 Å². The molecule has 0 amide bonds. The van der Waals surface area contributed by atoms with Crippen LogP contribution in [0.25, 0.3) is 0 Å². The summed E-state index contributed by atoms with van der Waals surface area (Å²) < 4.78 is 0. The Morgan fingerprint density at radius 2 is 2.50 bits per heavy atom. The third-order valence-corrected chi connectivity index (χ3v) is 1.90. The average molecular weight is 136 g/mol. The van der Waals surface area contributed by atoms with Gasteiger partial charge in [0.25, 0.3) is 0 Å². The van der Waals surface area contributed by atoms with Gasteiger partial charge in [-0.15, -0.1) is 6.42 Å². The van der Waals surface area contributed by atoms with Crippen molar-refractivity contribution in [2.24, 2.45) is 5.16 Å². The van der Waals surface area contributed by atoms with Crippen molar-refractivity contribution in [1.29, 1.82) is 0 Å². The van der Waals surface area contributed by atoms with E-state index < -0.39 is 0 Å². The highest BCUT2D eigenvalue weighted by Crippen LogP contribution is 2.27.